The average molecular weight is 211 g/mol. The van der Waals surface area contributed by atoms with Gasteiger partial charge in [0, 0.05) is 13.2 Å². The molecule has 0 unspecified atom stereocenters. The van der Waals surface area contributed by atoms with E-state index in [1.54, 1.807) is 0 Å². The van der Waals surface area contributed by atoms with Crippen LogP contribution in [0.4, 0.5) is 0 Å². The minimum atomic E-state index is 0. The molecule has 0 aromatic carbocycles. The molecule has 0 atom stereocenters. The van der Waals surface area contributed by atoms with E-state index in [1.165, 1.54) is 51.4 Å². The number of ether oxygens (including phenoxy) is 1. The summed E-state index contributed by atoms with van der Waals surface area (Å²) in [7, 11) is 0. The molecular weight excluding hydrogens is 184 g/mol. The van der Waals surface area contributed by atoms with Crippen LogP contribution in [-0.2, 0) is 4.74 Å². The second-order valence-corrected chi connectivity index (χ2v) is 3.73. The van der Waals surface area contributed by atoms with Crippen LogP contribution in [0.25, 0.3) is 0 Å². The Balaban J connectivity index is 0. The van der Waals surface area contributed by atoms with Crippen molar-refractivity contribution in [3.05, 3.63) is 0 Å². The van der Waals surface area contributed by atoms with Crippen LogP contribution in [-0.4, -0.2) is 36.3 Å². The van der Waals surface area contributed by atoms with Gasteiger partial charge in [-0.3, -0.25) is 0 Å². The van der Waals surface area contributed by atoms with Crippen molar-refractivity contribution in [3.8, 4) is 0 Å². The van der Waals surface area contributed by atoms with Crippen LogP contribution in [0.2, 0.25) is 0 Å². The van der Waals surface area contributed by atoms with Gasteiger partial charge in [-0.15, -0.1) is 0 Å². The standard InChI is InChI=1S/C12H26O.Mg/c1-3-5-7-9-11-13-12-10-8-6-4-2;/h3-12H2,1-2H3;/q;+2. The van der Waals surface area contributed by atoms with Crippen molar-refractivity contribution < 1.29 is 4.74 Å². The summed E-state index contributed by atoms with van der Waals surface area (Å²) in [5.41, 5.74) is 0. The topological polar surface area (TPSA) is 9.23 Å². The second kappa shape index (κ2) is 16.2. The molecule has 0 bridgehead atoms. The third-order valence-corrected chi connectivity index (χ3v) is 2.28. The van der Waals surface area contributed by atoms with Crippen LogP contribution in [0.15, 0.2) is 0 Å². The van der Waals surface area contributed by atoms with Gasteiger partial charge in [0.25, 0.3) is 0 Å². The summed E-state index contributed by atoms with van der Waals surface area (Å²) in [6, 6.07) is 0. The summed E-state index contributed by atoms with van der Waals surface area (Å²) in [6.07, 6.45) is 10.5. The molecular formula is C12H26MgO+2. The van der Waals surface area contributed by atoms with Gasteiger partial charge in [0.15, 0.2) is 0 Å². The molecule has 0 rings (SSSR count). The zero-order chi connectivity index (χ0) is 9.78. The average Bonchev–Trinajstić information content (AvgIpc) is 2.16. The summed E-state index contributed by atoms with van der Waals surface area (Å²) in [6.45, 7) is 6.44. The molecule has 0 fully saturated rings. The Labute approximate surface area is 106 Å². The van der Waals surface area contributed by atoms with Crippen molar-refractivity contribution in [2.75, 3.05) is 13.2 Å². The van der Waals surface area contributed by atoms with Crippen molar-refractivity contribution >= 4 is 23.1 Å². The maximum atomic E-state index is 5.53. The first-order chi connectivity index (χ1) is 6.41. The quantitative estimate of drug-likeness (QED) is 0.394. The van der Waals surface area contributed by atoms with E-state index >= 15 is 0 Å². The van der Waals surface area contributed by atoms with Gasteiger partial charge < -0.3 is 4.74 Å². The Bertz CT molecular complexity index is 76.4. The number of hydrogen-bond donors (Lipinski definition) is 0. The molecule has 14 heavy (non-hydrogen) atoms. The van der Waals surface area contributed by atoms with Gasteiger partial charge in [-0.05, 0) is 12.8 Å². The number of unbranched alkanes of at least 4 members (excludes halogenated alkanes) is 6. The number of hydrogen-bond acceptors (Lipinski definition) is 1. The van der Waals surface area contributed by atoms with Gasteiger partial charge in [0.1, 0.15) is 0 Å². The molecule has 0 heterocycles. The van der Waals surface area contributed by atoms with Gasteiger partial charge in [-0.1, -0.05) is 52.4 Å². The predicted molar refractivity (Wildman–Crippen MR) is 64.9 cm³/mol. The molecule has 0 spiro atoms. The van der Waals surface area contributed by atoms with E-state index in [-0.39, 0.29) is 23.1 Å². The van der Waals surface area contributed by atoms with Gasteiger partial charge in [-0.25, -0.2) is 0 Å². The Morgan fingerprint density at radius 2 is 1.07 bits per heavy atom. The first-order valence-electron chi connectivity index (χ1n) is 5.99. The first-order valence-corrected chi connectivity index (χ1v) is 5.99. The molecule has 80 valence electrons. The van der Waals surface area contributed by atoms with Crippen molar-refractivity contribution in [2.24, 2.45) is 0 Å². The molecule has 0 N–H and O–H groups in total. The molecule has 0 aromatic heterocycles. The molecule has 1 nitrogen and oxygen atoms in total. The Hall–Kier alpha value is 0.726. The fourth-order valence-electron chi connectivity index (χ4n) is 1.36. The largest absolute Gasteiger partial charge is 2.00 e. The van der Waals surface area contributed by atoms with Crippen molar-refractivity contribution in [2.45, 2.75) is 65.2 Å². The zero-order valence-electron chi connectivity index (χ0n) is 10.2. The van der Waals surface area contributed by atoms with E-state index in [1.807, 2.05) is 0 Å². The van der Waals surface area contributed by atoms with Crippen LogP contribution in [0.3, 0.4) is 0 Å². The van der Waals surface area contributed by atoms with Gasteiger partial charge in [0.05, 0.1) is 0 Å². The third kappa shape index (κ3) is 15.2. The molecule has 0 aliphatic heterocycles. The van der Waals surface area contributed by atoms with E-state index in [2.05, 4.69) is 13.8 Å². The van der Waals surface area contributed by atoms with E-state index in [0.29, 0.717) is 0 Å². The van der Waals surface area contributed by atoms with E-state index in [4.69, 9.17) is 4.74 Å². The Kier molecular flexibility index (Phi) is 19.8. The predicted octanol–water partition coefficient (Wildman–Crippen LogP) is 3.78. The molecule has 0 aliphatic carbocycles. The smallest absolute Gasteiger partial charge is 0.381 e. The monoisotopic (exact) mass is 210 g/mol. The maximum absolute atomic E-state index is 5.53. The summed E-state index contributed by atoms with van der Waals surface area (Å²) in [5.74, 6) is 0. The van der Waals surface area contributed by atoms with Crippen LogP contribution in [0.1, 0.15) is 65.2 Å². The van der Waals surface area contributed by atoms with Crippen molar-refractivity contribution in [1.29, 1.82) is 0 Å². The van der Waals surface area contributed by atoms with Crippen LogP contribution in [0.5, 0.6) is 0 Å². The fourth-order valence-corrected chi connectivity index (χ4v) is 1.36. The maximum Gasteiger partial charge on any atom is 2.00 e. The Morgan fingerprint density at radius 1 is 0.643 bits per heavy atom. The fraction of sp³-hybridized carbons (Fsp3) is 1.00. The van der Waals surface area contributed by atoms with Crippen LogP contribution < -0.4 is 0 Å². The molecule has 0 amide bonds. The Morgan fingerprint density at radius 3 is 1.43 bits per heavy atom. The molecule has 0 aliphatic rings. The molecule has 0 saturated heterocycles. The SMILES string of the molecule is CCCCCCOCCCCCC.[Mg+2]. The molecule has 2 heteroatoms. The summed E-state index contributed by atoms with van der Waals surface area (Å²) < 4.78 is 5.53. The third-order valence-electron chi connectivity index (χ3n) is 2.28. The minimum Gasteiger partial charge on any atom is -0.381 e. The van der Waals surface area contributed by atoms with E-state index < -0.39 is 0 Å². The second-order valence-electron chi connectivity index (χ2n) is 3.73. The van der Waals surface area contributed by atoms with Gasteiger partial charge >= 0.3 is 23.1 Å². The number of rotatable bonds is 10. The van der Waals surface area contributed by atoms with Crippen molar-refractivity contribution in [1.82, 2.24) is 0 Å². The summed E-state index contributed by atoms with van der Waals surface area (Å²) in [4.78, 5) is 0. The first kappa shape index (κ1) is 17.1. The minimum absolute atomic E-state index is 0. The zero-order valence-corrected chi connectivity index (χ0v) is 11.6. The van der Waals surface area contributed by atoms with Gasteiger partial charge in [0.2, 0.25) is 0 Å². The molecule has 0 aromatic rings. The van der Waals surface area contributed by atoms with Crippen molar-refractivity contribution in [3.63, 3.8) is 0 Å². The van der Waals surface area contributed by atoms with Gasteiger partial charge in [-0.2, -0.15) is 0 Å². The summed E-state index contributed by atoms with van der Waals surface area (Å²) >= 11 is 0. The van der Waals surface area contributed by atoms with E-state index in [9.17, 15) is 0 Å². The van der Waals surface area contributed by atoms with E-state index in [0.717, 1.165) is 13.2 Å². The van der Waals surface area contributed by atoms with Crippen LogP contribution in [0, 0.1) is 0 Å². The van der Waals surface area contributed by atoms with Crippen LogP contribution >= 0.6 is 0 Å². The molecule has 0 radical (unpaired) electrons. The molecule has 0 saturated carbocycles. The summed E-state index contributed by atoms with van der Waals surface area (Å²) in [5, 5.41) is 0. The normalized spacial score (nSPS) is 9.86.